The first-order valence-electron chi connectivity index (χ1n) is 8.30. The molecule has 1 aliphatic heterocycles. The lowest BCUT2D eigenvalue weighted by Gasteiger charge is -2.31. The van der Waals surface area contributed by atoms with Crippen LogP contribution >= 0.6 is 23.2 Å². The van der Waals surface area contributed by atoms with Crippen LogP contribution in [0.1, 0.15) is 35.9 Å². The number of benzene rings is 1. The number of piperidine rings is 1. The Balaban J connectivity index is 1.84. The van der Waals surface area contributed by atoms with Crippen molar-refractivity contribution >= 4 is 40.7 Å². The van der Waals surface area contributed by atoms with Crippen molar-refractivity contribution in [3.05, 3.63) is 45.7 Å². The smallest absolute Gasteiger partial charge is 0.274 e. The molecule has 0 radical (unpaired) electrons. The minimum absolute atomic E-state index is 0.313. The molecule has 1 atom stereocenters. The molecule has 0 aliphatic carbocycles. The van der Waals surface area contributed by atoms with Gasteiger partial charge in [0, 0.05) is 18.8 Å². The summed E-state index contributed by atoms with van der Waals surface area (Å²) >= 11 is 12.1. The molecule has 25 heavy (non-hydrogen) atoms. The molecule has 132 valence electrons. The molecular weight excluding hydrogens is 359 g/mol. The lowest BCUT2D eigenvalue weighted by Crippen LogP contribution is -2.36. The number of nitrogens with zero attached hydrogens (tertiary/aromatic N) is 3. The van der Waals surface area contributed by atoms with E-state index in [2.05, 4.69) is 27.1 Å². The molecule has 2 aromatic rings. The van der Waals surface area contributed by atoms with Gasteiger partial charge in [-0.3, -0.25) is 4.79 Å². The zero-order valence-corrected chi connectivity index (χ0v) is 15.7. The number of halogens is 2. The Morgan fingerprint density at radius 1 is 1.32 bits per heavy atom. The summed E-state index contributed by atoms with van der Waals surface area (Å²) in [6, 6.07) is 6.78. The van der Waals surface area contributed by atoms with E-state index in [1.54, 1.807) is 24.3 Å². The van der Waals surface area contributed by atoms with Crippen LogP contribution in [0, 0.1) is 12.8 Å². The minimum Gasteiger partial charge on any atom is -0.341 e. The highest BCUT2D eigenvalue weighted by molar-refractivity contribution is 6.44. The number of hydrogen-bond acceptors (Lipinski definition) is 4. The number of anilines is 2. The predicted octanol–water partition coefficient (Wildman–Crippen LogP) is 4.58. The molecule has 0 spiro atoms. The third-order valence-corrected chi connectivity index (χ3v) is 5.03. The third-order valence-electron chi connectivity index (χ3n) is 4.21. The first-order chi connectivity index (χ1) is 11.9. The van der Waals surface area contributed by atoms with Crippen molar-refractivity contribution in [3.63, 3.8) is 0 Å². The van der Waals surface area contributed by atoms with Crippen LogP contribution in [0.3, 0.4) is 0 Å². The standard InChI is InChI=1S/C18H20Cl2N4O/c1-11-5-4-8-24(10-11)18-21-12(2)9-15(23-18)17(25)22-14-7-3-6-13(19)16(14)20/h3,6-7,9,11H,4-5,8,10H2,1-2H3,(H,22,25). The molecule has 1 fully saturated rings. The van der Waals surface area contributed by atoms with Crippen LogP contribution in [-0.4, -0.2) is 29.0 Å². The number of carbonyl (C=O) groups is 1. The highest BCUT2D eigenvalue weighted by atomic mass is 35.5. The van der Waals surface area contributed by atoms with E-state index in [-0.39, 0.29) is 5.91 Å². The van der Waals surface area contributed by atoms with Crippen LogP contribution in [0.4, 0.5) is 11.6 Å². The van der Waals surface area contributed by atoms with Gasteiger partial charge >= 0.3 is 0 Å². The maximum Gasteiger partial charge on any atom is 0.274 e. The molecule has 2 heterocycles. The zero-order chi connectivity index (χ0) is 18.0. The summed E-state index contributed by atoms with van der Waals surface area (Å²) in [5, 5.41) is 3.47. The molecule has 7 heteroatoms. The van der Waals surface area contributed by atoms with Crippen LogP contribution in [0.15, 0.2) is 24.3 Å². The number of carbonyl (C=O) groups excluding carboxylic acids is 1. The van der Waals surface area contributed by atoms with E-state index >= 15 is 0 Å². The van der Waals surface area contributed by atoms with Gasteiger partial charge in [-0.1, -0.05) is 36.2 Å². The van der Waals surface area contributed by atoms with Crippen LogP contribution in [0.2, 0.25) is 10.0 Å². The van der Waals surface area contributed by atoms with Gasteiger partial charge in [-0.25, -0.2) is 9.97 Å². The van der Waals surface area contributed by atoms with Gasteiger partial charge in [0.2, 0.25) is 5.95 Å². The predicted molar refractivity (Wildman–Crippen MR) is 102 cm³/mol. The van der Waals surface area contributed by atoms with E-state index < -0.39 is 0 Å². The summed E-state index contributed by atoms with van der Waals surface area (Å²) in [4.78, 5) is 23.7. The van der Waals surface area contributed by atoms with Gasteiger partial charge in [0.15, 0.2) is 0 Å². The monoisotopic (exact) mass is 378 g/mol. The molecule has 1 saturated heterocycles. The third kappa shape index (κ3) is 4.22. The fourth-order valence-electron chi connectivity index (χ4n) is 2.97. The highest BCUT2D eigenvalue weighted by Gasteiger charge is 2.21. The Labute approximate surface area is 157 Å². The molecule has 1 aromatic carbocycles. The summed E-state index contributed by atoms with van der Waals surface area (Å²) < 4.78 is 0. The molecule has 1 amide bonds. The van der Waals surface area contributed by atoms with Crippen molar-refractivity contribution < 1.29 is 4.79 Å². The number of aryl methyl sites for hydroxylation is 1. The second kappa shape index (κ2) is 7.58. The largest absolute Gasteiger partial charge is 0.341 e. The minimum atomic E-state index is -0.332. The second-order valence-electron chi connectivity index (χ2n) is 6.44. The van der Waals surface area contributed by atoms with E-state index in [0.717, 1.165) is 25.2 Å². The quantitative estimate of drug-likeness (QED) is 0.848. The van der Waals surface area contributed by atoms with Gasteiger partial charge in [-0.15, -0.1) is 0 Å². The van der Waals surface area contributed by atoms with Crippen molar-refractivity contribution in [1.29, 1.82) is 0 Å². The van der Waals surface area contributed by atoms with E-state index in [0.29, 0.717) is 33.3 Å². The number of hydrogen-bond donors (Lipinski definition) is 1. The maximum absolute atomic E-state index is 12.6. The Morgan fingerprint density at radius 2 is 2.12 bits per heavy atom. The molecule has 1 aliphatic rings. The first kappa shape index (κ1) is 18.0. The lowest BCUT2D eigenvalue weighted by atomic mass is 10.0. The maximum atomic E-state index is 12.6. The SMILES string of the molecule is Cc1cc(C(=O)Nc2cccc(Cl)c2Cl)nc(N2CCCC(C)C2)n1. The van der Waals surface area contributed by atoms with Gasteiger partial charge in [-0.2, -0.15) is 0 Å². The molecule has 1 unspecified atom stereocenters. The van der Waals surface area contributed by atoms with Crippen molar-refractivity contribution in [1.82, 2.24) is 9.97 Å². The van der Waals surface area contributed by atoms with Crippen molar-refractivity contribution in [2.75, 3.05) is 23.3 Å². The van der Waals surface area contributed by atoms with Gasteiger partial charge < -0.3 is 10.2 Å². The summed E-state index contributed by atoms with van der Waals surface area (Å²) in [5.41, 5.74) is 1.53. The number of nitrogens with one attached hydrogen (secondary N) is 1. The molecule has 1 N–H and O–H groups in total. The highest BCUT2D eigenvalue weighted by Crippen LogP contribution is 2.30. The summed E-state index contributed by atoms with van der Waals surface area (Å²) in [6.45, 7) is 5.90. The topological polar surface area (TPSA) is 58.1 Å². The fourth-order valence-corrected chi connectivity index (χ4v) is 3.32. The van der Waals surface area contributed by atoms with Gasteiger partial charge in [0.25, 0.3) is 5.91 Å². The van der Waals surface area contributed by atoms with Gasteiger partial charge in [0.05, 0.1) is 15.7 Å². The van der Waals surface area contributed by atoms with E-state index in [1.165, 1.54) is 6.42 Å². The summed E-state index contributed by atoms with van der Waals surface area (Å²) in [6.07, 6.45) is 2.32. The Bertz CT molecular complexity index is 797. The Morgan fingerprint density at radius 3 is 2.88 bits per heavy atom. The number of amides is 1. The fraction of sp³-hybridized carbons (Fsp3) is 0.389. The van der Waals surface area contributed by atoms with E-state index in [4.69, 9.17) is 23.2 Å². The Kier molecular flexibility index (Phi) is 5.45. The number of aromatic nitrogens is 2. The molecular formula is C18H20Cl2N4O. The average Bonchev–Trinajstić information content (AvgIpc) is 2.58. The van der Waals surface area contributed by atoms with Crippen molar-refractivity contribution in [3.8, 4) is 0 Å². The van der Waals surface area contributed by atoms with Crippen molar-refractivity contribution in [2.45, 2.75) is 26.7 Å². The van der Waals surface area contributed by atoms with Crippen molar-refractivity contribution in [2.24, 2.45) is 5.92 Å². The van der Waals surface area contributed by atoms with Crippen LogP contribution in [0.25, 0.3) is 0 Å². The average molecular weight is 379 g/mol. The van der Waals surface area contributed by atoms with Crippen LogP contribution in [0.5, 0.6) is 0 Å². The van der Waals surface area contributed by atoms with Gasteiger partial charge in [-0.05, 0) is 43.9 Å². The summed E-state index contributed by atoms with van der Waals surface area (Å²) in [5.74, 6) is 0.871. The van der Waals surface area contributed by atoms with E-state index in [9.17, 15) is 4.79 Å². The van der Waals surface area contributed by atoms with Crippen LogP contribution in [-0.2, 0) is 0 Å². The Hall–Kier alpha value is -1.85. The second-order valence-corrected chi connectivity index (χ2v) is 7.23. The normalized spacial score (nSPS) is 17.4. The first-order valence-corrected chi connectivity index (χ1v) is 9.05. The molecule has 1 aromatic heterocycles. The molecule has 3 rings (SSSR count). The molecule has 0 bridgehead atoms. The number of rotatable bonds is 3. The molecule has 5 nitrogen and oxygen atoms in total. The van der Waals surface area contributed by atoms with Gasteiger partial charge in [0.1, 0.15) is 5.69 Å². The zero-order valence-electron chi connectivity index (χ0n) is 14.2. The van der Waals surface area contributed by atoms with Crippen LogP contribution < -0.4 is 10.2 Å². The lowest BCUT2D eigenvalue weighted by molar-refractivity contribution is 0.102. The van der Waals surface area contributed by atoms with E-state index in [1.807, 2.05) is 6.92 Å². The summed E-state index contributed by atoms with van der Waals surface area (Å²) in [7, 11) is 0. The molecule has 0 saturated carbocycles.